The highest BCUT2D eigenvalue weighted by atomic mass is 16.5. The van der Waals surface area contributed by atoms with Crippen molar-refractivity contribution < 1.29 is 14.3 Å². The third kappa shape index (κ3) is 2.35. The van der Waals surface area contributed by atoms with Gasteiger partial charge < -0.3 is 9.47 Å². The first kappa shape index (κ1) is 9.43. The largest absolute Gasteiger partial charge is 0.469 e. The van der Waals surface area contributed by atoms with Crippen molar-refractivity contribution in [3.63, 3.8) is 0 Å². The number of esters is 1. The molecule has 10 heavy (non-hydrogen) atoms. The minimum atomic E-state index is -0.524. The Bertz CT molecular complexity index is 118. The van der Waals surface area contributed by atoms with Crippen LogP contribution < -0.4 is 0 Å². The van der Waals surface area contributed by atoms with Gasteiger partial charge in [-0.1, -0.05) is 0 Å². The average Bonchev–Trinajstić information content (AvgIpc) is 1.86. The van der Waals surface area contributed by atoms with Crippen molar-refractivity contribution in [2.24, 2.45) is 5.41 Å². The molecule has 60 valence electrons. The van der Waals surface area contributed by atoms with Crippen LogP contribution in [-0.4, -0.2) is 26.8 Å². The molecule has 0 aromatic rings. The molecule has 0 atom stereocenters. The van der Waals surface area contributed by atoms with E-state index in [4.69, 9.17) is 4.74 Å². The summed E-state index contributed by atoms with van der Waals surface area (Å²) >= 11 is 0. The van der Waals surface area contributed by atoms with E-state index in [1.54, 1.807) is 21.0 Å². The van der Waals surface area contributed by atoms with Crippen molar-refractivity contribution in [2.75, 3.05) is 20.8 Å². The molecular formula is C7H14O3. The van der Waals surface area contributed by atoms with Crippen LogP contribution in [0.15, 0.2) is 0 Å². The van der Waals surface area contributed by atoms with E-state index in [0.717, 1.165) is 0 Å². The van der Waals surface area contributed by atoms with Gasteiger partial charge in [-0.2, -0.15) is 0 Å². The summed E-state index contributed by atoms with van der Waals surface area (Å²) < 4.78 is 9.38. The Morgan fingerprint density at radius 1 is 1.40 bits per heavy atom. The lowest BCUT2D eigenvalue weighted by atomic mass is 9.95. The smallest absolute Gasteiger partial charge is 0.313 e. The third-order valence-electron chi connectivity index (χ3n) is 1.24. The number of hydrogen-bond acceptors (Lipinski definition) is 3. The van der Waals surface area contributed by atoms with Gasteiger partial charge in [0.15, 0.2) is 0 Å². The van der Waals surface area contributed by atoms with Gasteiger partial charge in [0.05, 0.1) is 19.1 Å². The second-order valence-electron chi connectivity index (χ2n) is 2.81. The van der Waals surface area contributed by atoms with Crippen molar-refractivity contribution in [2.45, 2.75) is 13.8 Å². The fraction of sp³-hybridized carbons (Fsp3) is 0.857. The normalized spacial score (nSPS) is 11.2. The molecule has 0 aliphatic rings. The molecule has 0 heterocycles. The average molecular weight is 146 g/mol. The van der Waals surface area contributed by atoms with E-state index >= 15 is 0 Å². The highest BCUT2D eigenvalue weighted by molar-refractivity contribution is 5.75. The van der Waals surface area contributed by atoms with Gasteiger partial charge in [-0.3, -0.25) is 4.79 Å². The SMILES string of the molecule is COCC(C)(C)C(=O)OC. The molecule has 0 aromatic carbocycles. The molecular weight excluding hydrogens is 132 g/mol. The van der Waals surface area contributed by atoms with Gasteiger partial charge in [0.25, 0.3) is 0 Å². The molecule has 0 N–H and O–H groups in total. The van der Waals surface area contributed by atoms with Crippen molar-refractivity contribution in [1.29, 1.82) is 0 Å². The monoisotopic (exact) mass is 146 g/mol. The molecule has 0 saturated heterocycles. The highest BCUT2D eigenvalue weighted by Gasteiger charge is 2.28. The lowest BCUT2D eigenvalue weighted by Gasteiger charge is -2.19. The Morgan fingerprint density at radius 2 is 1.90 bits per heavy atom. The predicted octanol–water partition coefficient (Wildman–Crippen LogP) is 0.832. The second-order valence-corrected chi connectivity index (χ2v) is 2.81. The summed E-state index contributed by atoms with van der Waals surface area (Å²) in [6, 6.07) is 0. The number of hydrogen-bond donors (Lipinski definition) is 0. The van der Waals surface area contributed by atoms with Crippen LogP contribution in [0, 0.1) is 5.41 Å². The van der Waals surface area contributed by atoms with Crippen LogP contribution >= 0.6 is 0 Å². The number of carbonyl (C=O) groups is 1. The molecule has 0 aliphatic heterocycles. The molecule has 0 aliphatic carbocycles. The van der Waals surface area contributed by atoms with Crippen LogP contribution in [-0.2, 0) is 14.3 Å². The lowest BCUT2D eigenvalue weighted by Crippen LogP contribution is -2.30. The number of ether oxygens (including phenoxy) is 2. The van der Waals surface area contributed by atoms with Crippen LogP contribution in [0.1, 0.15) is 13.8 Å². The first-order valence-corrected chi connectivity index (χ1v) is 3.12. The van der Waals surface area contributed by atoms with Crippen molar-refractivity contribution in [3.8, 4) is 0 Å². The zero-order valence-corrected chi connectivity index (χ0v) is 6.93. The highest BCUT2D eigenvalue weighted by Crippen LogP contribution is 2.16. The standard InChI is InChI=1S/C7H14O3/c1-7(2,5-9-3)6(8)10-4/h5H2,1-4H3. The molecule has 3 nitrogen and oxygen atoms in total. The van der Waals surface area contributed by atoms with Gasteiger partial charge in [-0.15, -0.1) is 0 Å². The zero-order chi connectivity index (χ0) is 8.20. The third-order valence-corrected chi connectivity index (χ3v) is 1.24. The summed E-state index contributed by atoms with van der Waals surface area (Å²) in [6.45, 7) is 3.95. The number of carbonyl (C=O) groups excluding carboxylic acids is 1. The summed E-state index contributed by atoms with van der Waals surface area (Å²) in [5.74, 6) is -0.241. The summed E-state index contributed by atoms with van der Waals surface area (Å²) in [4.78, 5) is 10.9. The van der Waals surface area contributed by atoms with Gasteiger partial charge in [0.2, 0.25) is 0 Å². The van der Waals surface area contributed by atoms with E-state index in [-0.39, 0.29) is 5.97 Å². The van der Waals surface area contributed by atoms with Crippen molar-refractivity contribution in [3.05, 3.63) is 0 Å². The maximum absolute atomic E-state index is 10.9. The van der Waals surface area contributed by atoms with E-state index in [9.17, 15) is 4.79 Å². The Kier molecular flexibility index (Phi) is 3.36. The van der Waals surface area contributed by atoms with E-state index < -0.39 is 5.41 Å². The Balaban J connectivity index is 3.96. The first-order valence-electron chi connectivity index (χ1n) is 3.12. The summed E-state index contributed by atoms with van der Waals surface area (Å²) in [7, 11) is 2.93. The number of methoxy groups -OCH3 is 2. The molecule has 0 unspecified atom stereocenters. The molecule has 0 spiro atoms. The van der Waals surface area contributed by atoms with Crippen LogP contribution in [0.4, 0.5) is 0 Å². The van der Waals surface area contributed by atoms with Crippen LogP contribution in [0.2, 0.25) is 0 Å². The fourth-order valence-corrected chi connectivity index (χ4v) is 0.696. The molecule has 0 radical (unpaired) electrons. The van der Waals surface area contributed by atoms with Gasteiger partial charge in [-0.25, -0.2) is 0 Å². The molecule has 0 bridgehead atoms. The maximum Gasteiger partial charge on any atom is 0.313 e. The summed E-state index contributed by atoms with van der Waals surface area (Å²) in [6.07, 6.45) is 0. The molecule has 0 rings (SSSR count). The predicted molar refractivity (Wildman–Crippen MR) is 37.7 cm³/mol. The maximum atomic E-state index is 10.9. The van der Waals surface area contributed by atoms with Gasteiger partial charge in [0, 0.05) is 7.11 Å². The van der Waals surface area contributed by atoms with Crippen LogP contribution in [0.5, 0.6) is 0 Å². The van der Waals surface area contributed by atoms with Crippen molar-refractivity contribution >= 4 is 5.97 Å². The molecule has 0 aromatic heterocycles. The lowest BCUT2D eigenvalue weighted by molar-refractivity contribution is -0.153. The Labute approximate surface area is 61.3 Å². The minimum absolute atomic E-state index is 0.241. The fourth-order valence-electron chi connectivity index (χ4n) is 0.696. The zero-order valence-electron chi connectivity index (χ0n) is 6.93. The summed E-state index contributed by atoms with van der Waals surface area (Å²) in [5, 5.41) is 0. The van der Waals surface area contributed by atoms with E-state index in [1.807, 2.05) is 0 Å². The van der Waals surface area contributed by atoms with Crippen molar-refractivity contribution in [1.82, 2.24) is 0 Å². The van der Waals surface area contributed by atoms with E-state index in [0.29, 0.717) is 6.61 Å². The van der Waals surface area contributed by atoms with Gasteiger partial charge in [-0.05, 0) is 13.8 Å². The van der Waals surface area contributed by atoms with Gasteiger partial charge in [0.1, 0.15) is 0 Å². The first-order chi connectivity index (χ1) is 4.54. The molecule has 0 saturated carbocycles. The molecule has 3 heteroatoms. The van der Waals surface area contributed by atoms with E-state index in [1.165, 1.54) is 7.11 Å². The molecule has 0 amide bonds. The minimum Gasteiger partial charge on any atom is -0.469 e. The number of rotatable bonds is 3. The topological polar surface area (TPSA) is 35.5 Å². The Hall–Kier alpha value is -0.570. The Morgan fingerprint density at radius 3 is 2.20 bits per heavy atom. The quantitative estimate of drug-likeness (QED) is 0.553. The molecule has 0 fully saturated rings. The van der Waals surface area contributed by atoms with Crippen LogP contribution in [0.3, 0.4) is 0 Å². The van der Waals surface area contributed by atoms with E-state index in [2.05, 4.69) is 4.74 Å². The van der Waals surface area contributed by atoms with Crippen LogP contribution in [0.25, 0.3) is 0 Å². The summed E-state index contributed by atoms with van der Waals surface area (Å²) in [5.41, 5.74) is -0.524. The second kappa shape index (κ2) is 3.56. The van der Waals surface area contributed by atoms with Gasteiger partial charge >= 0.3 is 5.97 Å².